The van der Waals surface area contributed by atoms with Crippen LogP contribution in [0.5, 0.6) is 0 Å². The second-order valence-corrected chi connectivity index (χ2v) is 6.33. The lowest BCUT2D eigenvalue weighted by Gasteiger charge is -2.22. The zero-order valence-electron chi connectivity index (χ0n) is 12.5. The Hall–Kier alpha value is -1.94. The highest BCUT2D eigenvalue weighted by molar-refractivity contribution is 7.09. The first kappa shape index (κ1) is 15.4. The van der Waals surface area contributed by atoms with Gasteiger partial charge in [-0.15, -0.1) is 11.3 Å². The monoisotopic (exact) mass is 300 g/mol. The van der Waals surface area contributed by atoms with Crippen LogP contribution in [-0.2, 0) is 4.79 Å². The van der Waals surface area contributed by atoms with Crippen molar-refractivity contribution in [3.05, 3.63) is 58.1 Å². The minimum Gasteiger partial charge on any atom is -0.345 e. The average Bonchev–Trinajstić information content (AvgIpc) is 2.89. The maximum Gasteiger partial charge on any atom is 0.244 e. The molecule has 0 aliphatic rings. The summed E-state index contributed by atoms with van der Waals surface area (Å²) in [7, 11) is 0. The minimum absolute atomic E-state index is 0.0144. The molecule has 0 saturated heterocycles. The summed E-state index contributed by atoms with van der Waals surface area (Å²) < 4.78 is 0. The van der Waals surface area contributed by atoms with Crippen LogP contribution in [0.2, 0.25) is 0 Å². The molecule has 0 aliphatic heterocycles. The van der Waals surface area contributed by atoms with E-state index in [-0.39, 0.29) is 11.9 Å². The highest BCUT2D eigenvalue weighted by Gasteiger charge is 2.16. The van der Waals surface area contributed by atoms with Gasteiger partial charge in [-0.05, 0) is 24.5 Å². The number of hydrogen-bond acceptors (Lipinski definition) is 3. The number of nitrogens with zero attached hydrogens (tertiary/aromatic N) is 1. The van der Waals surface area contributed by atoms with Crippen molar-refractivity contribution in [3.63, 3.8) is 0 Å². The number of amides is 1. The Bertz CT molecular complexity index is 617. The van der Waals surface area contributed by atoms with Crippen molar-refractivity contribution in [2.24, 2.45) is 5.92 Å². The van der Waals surface area contributed by atoms with Crippen molar-refractivity contribution in [1.82, 2.24) is 10.3 Å². The largest absolute Gasteiger partial charge is 0.345 e. The van der Waals surface area contributed by atoms with Gasteiger partial charge in [0.2, 0.25) is 5.91 Å². The maximum atomic E-state index is 12.1. The predicted octanol–water partition coefficient (Wildman–Crippen LogP) is 3.98. The molecular formula is C17H20N2OS. The second-order valence-electron chi connectivity index (χ2n) is 5.27. The van der Waals surface area contributed by atoms with Gasteiger partial charge >= 0.3 is 0 Å². The molecule has 1 atom stereocenters. The van der Waals surface area contributed by atoms with Gasteiger partial charge in [-0.3, -0.25) is 4.79 Å². The van der Waals surface area contributed by atoms with Crippen LogP contribution in [0.1, 0.15) is 36.2 Å². The van der Waals surface area contributed by atoms with Crippen molar-refractivity contribution in [1.29, 1.82) is 0 Å². The Morgan fingerprint density at radius 1 is 1.29 bits per heavy atom. The number of aromatic nitrogens is 1. The van der Waals surface area contributed by atoms with Gasteiger partial charge in [0.15, 0.2) is 0 Å². The summed E-state index contributed by atoms with van der Waals surface area (Å²) in [6.07, 6.45) is 3.30. The molecule has 0 aliphatic carbocycles. The van der Waals surface area contributed by atoms with Crippen LogP contribution in [0, 0.1) is 12.8 Å². The first-order valence-corrected chi connectivity index (χ1v) is 7.90. The van der Waals surface area contributed by atoms with Crippen molar-refractivity contribution in [2.75, 3.05) is 0 Å². The predicted molar refractivity (Wildman–Crippen MR) is 88.0 cm³/mol. The van der Waals surface area contributed by atoms with Crippen molar-refractivity contribution in [2.45, 2.75) is 26.8 Å². The van der Waals surface area contributed by atoms with E-state index in [1.165, 1.54) is 0 Å². The first-order chi connectivity index (χ1) is 10.1. The molecule has 1 heterocycles. The molecule has 4 heteroatoms. The normalized spacial score (nSPS) is 12.8. The van der Waals surface area contributed by atoms with Crippen LogP contribution in [0.4, 0.5) is 0 Å². The van der Waals surface area contributed by atoms with E-state index in [2.05, 4.69) is 24.1 Å². The van der Waals surface area contributed by atoms with Crippen LogP contribution in [0.3, 0.4) is 0 Å². The molecule has 0 fully saturated rings. The number of rotatable bonds is 5. The molecule has 1 aromatic heterocycles. The Balaban J connectivity index is 2.04. The fourth-order valence-electron chi connectivity index (χ4n) is 2.11. The highest BCUT2D eigenvalue weighted by atomic mass is 32.1. The number of aryl methyl sites for hydroxylation is 1. The van der Waals surface area contributed by atoms with Crippen LogP contribution in [0.25, 0.3) is 6.08 Å². The molecule has 3 nitrogen and oxygen atoms in total. The number of nitrogens with one attached hydrogen (secondary N) is 1. The summed E-state index contributed by atoms with van der Waals surface area (Å²) in [6, 6.07) is 10.1. The fraction of sp³-hybridized carbons (Fsp3) is 0.294. The minimum atomic E-state index is -0.0943. The van der Waals surface area contributed by atoms with Crippen molar-refractivity contribution in [3.8, 4) is 0 Å². The number of hydrogen-bond donors (Lipinski definition) is 1. The van der Waals surface area contributed by atoms with Gasteiger partial charge in [0.25, 0.3) is 0 Å². The van der Waals surface area contributed by atoms with Crippen molar-refractivity contribution >= 4 is 23.3 Å². The van der Waals surface area contributed by atoms with Crippen LogP contribution in [-0.4, -0.2) is 10.9 Å². The lowest BCUT2D eigenvalue weighted by molar-refractivity contribution is -0.117. The number of carbonyl (C=O) groups excluding carboxylic acids is 1. The van der Waals surface area contributed by atoms with Gasteiger partial charge < -0.3 is 5.32 Å². The summed E-state index contributed by atoms with van der Waals surface area (Å²) in [5.74, 6) is 0.231. The maximum absolute atomic E-state index is 12.1. The topological polar surface area (TPSA) is 42.0 Å². The quantitative estimate of drug-likeness (QED) is 0.849. The van der Waals surface area contributed by atoms with Crippen molar-refractivity contribution < 1.29 is 4.79 Å². The lowest BCUT2D eigenvalue weighted by Crippen LogP contribution is -2.30. The van der Waals surface area contributed by atoms with E-state index in [1.54, 1.807) is 23.5 Å². The van der Waals surface area contributed by atoms with Gasteiger partial charge in [0.05, 0.1) is 16.7 Å². The molecule has 2 aromatic rings. The standard InChI is InChI=1S/C17H20N2OS/c1-12(2)17(14-7-5-4-6-8-14)19-16(20)10-9-15-11-21-13(3)18-15/h4-12,17H,1-3H3,(H,19,20)/b10-9+. The summed E-state index contributed by atoms with van der Waals surface area (Å²) in [4.78, 5) is 16.4. The molecule has 0 radical (unpaired) electrons. The first-order valence-electron chi connectivity index (χ1n) is 7.02. The summed E-state index contributed by atoms with van der Waals surface area (Å²) in [5.41, 5.74) is 1.95. The lowest BCUT2D eigenvalue weighted by atomic mass is 9.96. The van der Waals surface area contributed by atoms with E-state index < -0.39 is 0 Å². The number of benzene rings is 1. The van der Waals surface area contributed by atoms with Crippen LogP contribution >= 0.6 is 11.3 Å². The zero-order chi connectivity index (χ0) is 15.2. The third kappa shape index (κ3) is 4.53. The average molecular weight is 300 g/mol. The molecule has 21 heavy (non-hydrogen) atoms. The molecular weight excluding hydrogens is 280 g/mol. The van der Waals surface area contributed by atoms with Gasteiger partial charge in [0, 0.05) is 11.5 Å². The molecule has 1 aromatic carbocycles. The van der Waals surface area contributed by atoms with E-state index >= 15 is 0 Å². The molecule has 0 bridgehead atoms. The SMILES string of the molecule is Cc1nc(/C=C/C(=O)NC(c2ccccc2)C(C)C)cs1. The third-order valence-corrected chi connectivity index (χ3v) is 3.96. The molecule has 0 saturated carbocycles. The van der Waals surface area contributed by atoms with Gasteiger partial charge in [-0.1, -0.05) is 44.2 Å². The Morgan fingerprint density at radius 2 is 2.00 bits per heavy atom. The van der Waals surface area contributed by atoms with E-state index in [9.17, 15) is 4.79 Å². The molecule has 110 valence electrons. The number of carbonyl (C=O) groups is 1. The second kappa shape index (κ2) is 7.18. The Morgan fingerprint density at radius 3 is 2.57 bits per heavy atom. The molecule has 0 spiro atoms. The third-order valence-electron chi connectivity index (χ3n) is 3.17. The van der Waals surface area contributed by atoms with E-state index in [4.69, 9.17) is 0 Å². The molecule has 1 N–H and O–H groups in total. The van der Waals surface area contributed by atoms with Gasteiger partial charge in [0.1, 0.15) is 0 Å². The Labute approximate surface area is 129 Å². The fourth-order valence-corrected chi connectivity index (χ4v) is 2.70. The van der Waals surface area contributed by atoms with E-state index in [0.717, 1.165) is 16.3 Å². The van der Waals surface area contributed by atoms with E-state index in [1.807, 2.05) is 42.6 Å². The van der Waals surface area contributed by atoms with Crippen LogP contribution < -0.4 is 5.32 Å². The molecule has 1 unspecified atom stereocenters. The van der Waals surface area contributed by atoms with Gasteiger partial charge in [-0.25, -0.2) is 4.98 Å². The summed E-state index contributed by atoms with van der Waals surface area (Å²) in [5, 5.41) is 6.00. The van der Waals surface area contributed by atoms with Gasteiger partial charge in [-0.2, -0.15) is 0 Å². The Kier molecular flexibility index (Phi) is 5.28. The van der Waals surface area contributed by atoms with Crippen LogP contribution in [0.15, 0.2) is 41.8 Å². The zero-order valence-corrected chi connectivity index (χ0v) is 13.4. The highest BCUT2D eigenvalue weighted by Crippen LogP contribution is 2.21. The summed E-state index contributed by atoms with van der Waals surface area (Å²) in [6.45, 7) is 6.16. The number of thiazole rings is 1. The smallest absolute Gasteiger partial charge is 0.244 e. The summed E-state index contributed by atoms with van der Waals surface area (Å²) >= 11 is 1.58. The van der Waals surface area contributed by atoms with E-state index in [0.29, 0.717) is 5.92 Å². The molecule has 1 amide bonds. The molecule has 2 rings (SSSR count).